The van der Waals surface area contributed by atoms with Crippen LogP contribution in [0, 0.1) is 5.41 Å². The summed E-state index contributed by atoms with van der Waals surface area (Å²) in [5.74, 6) is 0.0920. The van der Waals surface area contributed by atoms with Crippen LogP contribution in [-0.4, -0.2) is 27.0 Å². The zero-order valence-electron chi connectivity index (χ0n) is 12.8. The Balaban J connectivity index is 2.51. The molecule has 8 heteroatoms. The Morgan fingerprint density at radius 3 is 2.77 bits per heavy atom. The van der Waals surface area contributed by atoms with Gasteiger partial charge in [-0.15, -0.1) is 0 Å². The molecule has 0 bridgehead atoms. The summed E-state index contributed by atoms with van der Waals surface area (Å²) in [6, 6.07) is 1.63. The summed E-state index contributed by atoms with van der Waals surface area (Å²) < 4.78 is 1.73. The van der Waals surface area contributed by atoms with Gasteiger partial charge in [0.05, 0.1) is 22.9 Å². The van der Waals surface area contributed by atoms with Gasteiger partial charge in [-0.05, 0) is 17.9 Å². The molecule has 5 N–H and O–H groups in total. The number of nitrogen functional groups attached to an aromatic ring is 1. The van der Waals surface area contributed by atoms with E-state index in [0.29, 0.717) is 28.6 Å². The fraction of sp³-hybridized carbons (Fsp3) is 0.429. The van der Waals surface area contributed by atoms with Crippen molar-refractivity contribution in [2.24, 2.45) is 5.41 Å². The molecular weight excluding hydrogens is 306 g/mol. The molecule has 0 saturated heterocycles. The van der Waals surface area contributed by atoms with Crippen molar-refractivity contribution in [1.29, 1.82) is 0 Å². The second-order valence-corrected chi connectivity index (χ2v) is 6.78. The number of anilines is 2. The molecule has 0 unspecified atom stereocenters. The molecule has 0 saturated carbocycles. The normalized spacial score (nSPS) is 11.7. The molecule has 0 spiro atoms. The molecule has 0 aliphatic rings. The Kier molecular flexibility index (Phi) is 4.48. The predicted octanol–water partition coefficient (Wildman–Crippen LogP) is 2.08. The van der Waals surface area contributed by atoms with Crippen LogP contribution in [0.2, 0.25) is 5.02 Å². The highest BCUT2D eigenvalue weighted by molar-refractivity contribution is 6.30. The maximum Gasteiger partial charge on any atom is 0.262 e. The van der Waals surface area contributed by atoms with Crippen LogP contribution < -0.4 is 16.5 Å². The molecule has 0 atom stereocenters. The zero-order valence-corrected chi connectivity index (χ0v) is 13.5. The third kappa shape index (κ3) is 3.61. The molecule has 0 aliphatic heterocycles. The van der Waals surface area contributed by atoms with Crippen molar-refractivity contribution < 1.29 is 10.0 Å². The van der Waals surface area contributed by atoms with E-state index in [1.165, 1.54) is 0 Å². The summed E-state index contributed by atoms with van der Waals surface area (Å²) >= 11 is 6.05. The Morgan fingerprint density at radius 1 is 1.50 bits per heavy atom. The molecule has 2 heterocycles. The topological polar surface area (TPSA) is 105 Å². The fourth-order valence-electron chi connectivity index (χ4n) is 2.20. The van der Waals surface area contributed by atoms with E-state index in [4.69, 9.17) is 22.5 Å². The molecule has 22 heavy (non-hydrogen) atoms. The second-order valence-electron chi connectivity index (χ2n) is 6.34. The maximum atomic E-state index is 11.3. The first-order chi connectivity index (χ1) is 10.2. The fourth-order valence-corrected chi connectivity index (χ4v) is 2.41. The first kappa shape index (κ1) is 16.4. The number of hydrogen-bond acceptors (Lipinski definition) is 5. The highest BCUT2D eigenvalue weighted by Gasteiger charge is 2.20. The van der Waals surface area contributed by atoms with Gasteiger partial charge in [-0.2, -0.15) is 0 Å². The number of aromatic nitrogens is 2. The molecule has 0 aromatic carbocycles. The lowest BCUT2D eigenvalue weighted by molar-refractivity contribution is -0.127. The van der Waals surface area contributed by atoms with E-state index in [-0.39, 0.29) is 12.0 Å². The van der Waals surface area contributed by atoms with E-state index in [9.17, 15) is 4.79 Å². The van der Waals surface area contributed by atoms with Gasteiger partial charge >= 0.3 is 0 Å². The van der Waals surface area contributed by atoms with Crippen molar-refractivity contribution in [2.75, 3.05) is 17.6 Å². The monoisotopic (exact) mass is 325 g/mol. The summed E-state index contributed by atoms with van der Waals surface area (Å²) in [5.41, 5.74) is 9.38. The molecular formula is C14H20ClN5O2. The third-order valence-corrected chi connectivity index (χ3v) is 3.23. The molecule has 7 nitrogen and oxygen atoms in total. The standard InChI is InChI=1S/C14H20ClN5O2/c1-14(2,3)5-10-13(17-6-11(21)19-22)20-7-8(15)4-9(16)12(20)18-10/h4,7,17,22H,5-6,16H2,1-3H3,(H,19,21). The van der Waals surface area contributed by atoms with Crippen LogP contribution in [0.1, 0.15) is 26.5 Å². The van der Waals surface area contributed by atoms with Crippen LogP contribution >= 0.6 is 11.6 Å². The highest BCUT2D eigenvalue weighted by atomic mass is 35.5. The van der Waals surface area contributed by atoms with Crippen molar-refractivity contribution in [3.63, 3.8) is 0 Å². The van der Waals surface area contributed by atoms with E-state index >= 15 is 0 Å². The van der Waals surface area contributed by atoms with Crippen LogP contribution in [0.25, 0.3) is 5.65 Å². The molecule has 2 aromatic rings. The number of amides is 1. The number of hydroxylamine groups is 1. The summed E-state index contributed by atoms with van der Waals surface area (Å²) in [6.45, 7) is 6.19. The SMILES string of the molecule is CC(C)(C)Cc1nc2c(N)cc(Cl)cn2c1NCC(=O)NO. The zero-order chi connectivity index (χ0) is 16.5. The second kappa shape index (κ2) is 6.02. The molecule has 0 aliphatic carbocycles. The molecule has 120 valence electrons. The smallest absolute Gasteiger partial charge is 0.262 e. The lowest BCUT2D eigenvalue weighted by Gasteiger charge is -2.17. The van der Waals surface area contributed by atoms with Crippen LogP contribution in [-0.2, 0) is 11.2 Å². The summed E-state index contributed by atoms with van der Waals surface area (Å²) in [7, 11) is 0. The quantitative estimate of drug-likeness (QED) is 0.509. The van der Waals surface area contributed by atoms with Crippen molar-refractivity contribution in [2.45, 2.75) is 27.2 Å². The predicted molar refractivity (Wildman–Crippen MR) is 86.2 cm³/mol. The number of carbonyl (C=O) groups excluding carboxylic acids is 1. The van der Waals surface area contributed by atoms with Gasteiger partial charge in [0.1, 0.15) is 5.82 Å². The van der Waals surface area contributed by atoms with Crippen LogP contribution in [0.15, 0.2) is 12.3 Å². The molecule has 1 amide bonds. The van der Waals surface area contributed by atoms with Gasteiger partial charge in [0.2, 0.25) is 0 Å². The van der Waals surface area contributed by atoms with Gasteiger partial charge in [-0.1, -0.05) is 32.4 Å². The number of rotatable bonds is 4. The minimum Gasteiger partial charge on any atom is -0.396 e. The largest absolute Gasteiger partial charge is 0.396 e. The van der Waals surface area contributed by atoms with Crippen molar-refractivity contribution in [3.05, 3.63) is 23.0 Å². The van der Waals surface area contributed by atoms with E-state index in [2.05, 4.69) is 31.1 Å². The summed E-state index contributed by atoms with van der Waals surface area (Å²) in [5, 5.41) is 12.1. The van der Waals surface area contributed by atoms with Gasteiger partial charge in [-0.3, -0.25) is 14.4 Å². The third-order valence-electron chi connectivity index (χ3n) is 3.03. The number of carbonyl (C=O) groups is 1. The summed E-state index contributed by atoms with van der Waals surface area (Å²) in [4.78, 5) is 15.8. The van der Waals surface area contributed by atoms with Crippen molar-refractivity contribution in [3.8, 4) is 0 Å². The lowest BCUT2D eigenvalue weighted by atomic mass is 9.90. The Bertz CT molecular complexity index is 705. The number of fused-ring (bicyclic) bond motifs is 1. The van der Waals surface area contributed by atoms with Crippen LogP contribution in [0.4, 0.5) is 11.5 Å². The molecule has 0 fully saturated rings. The Labute approximate surface area is 133 Å². The van der Waals surface area contributed by atoms with E-state index in [1.54, 1.807) is 22.1 Å². The van der Waals surface area contributed by atoms with E-state index in [0.717, 1.165) is 5.69 Å². The molecule has 2 aromatic heterocycles. The minimum atomic E-state index is -0.549. The van der Waals surface area contributed by atoms with Crippen LogP contribution in [0.5, 0.6) is 0 Å². The van der Waals surface area contributed by atoms with Gasteiger partial charge in [0.15, 0.2) is 5.65 Å². The van der Waals surface area contributed by atoms with Gasteiger partial charge in [-0.25, -0.2) is 10.5 Å². The number of nitrogens with one attached hydrogen (secondary N) is 2. The number of halogens is 1. The van der Waals surface area contributed by atoms with Gasteiger partial charge < -0.3 is 11.1 Å². The molecule has 2 rings (SSSR count). The number of nitrogens with two attached hydrogens (primary N) is 1. The average molecular weight is 326 g/mol. The molecule has 0 radical (unpaired) electrons. The minimum absolute atomic E-state index is 0.00611. The number of pyridine rings is 1. The first-order valence-electron chi connectivity index (χ1n) is 6.84. The Morgan fingerprint density at radius 2 is 2.18 bits per heavy atom. The number of hydrogen-bond donors (Lipinski definition) is 4. The summed E-state index contributed by atoms with van der Waals surface area (Å²) in [6.07, 6.45) is 2.38. The highest BCUT2D eigenvalue weighted by Crippen LogP contribution is 2.30. The van der Waals surface area contributed by atoms with E-state index < -0.39 is 5.91 Å². The first-order valence-corrected chi connectivity index (χ1v) is 7.22. The van der Waals surface area contributed by atoms with Gasteiger partial charge in [0, 0.05) is 6.20 Å². The van der Waals surface area contributed by atoms with Crippen molar-refractivity contribution in [1.82, 2.24) is 14.9 Å². The van der Waals surface area contributed by atoms with E-state index in [1.807, 2.05) is 0 Å². The average Bonchev–Trinajstić information content (AvgIpc) is 2.72. The lowest BCUT2D eigenvalue weighted by Crippen LogP contribution is -2.27. The number of nitrogens with zero attached hydrogens (tertiary/aromatic N) is 2. The Hall–Kier alpha value is -1.99. The van der Waals surface area contributed by atoms with Crippen LogP contribution in [0.3, 0.4) is 0 Å². The van der Waals surface area contributed by atoms with Crippen molar-refractivity contribution >= 4 is 34.7 Å². The maximum absolute atomic E-state index is 11.3. The van der Waals surface area contributed by atoms with Gasteiger partial charge in [0.25, 0.3) is 5.91 Å². The number of imidazole rings is 1.